The quantitative estimate of drug-likeness (QED) is 0.640. The smallest absolute Gasteiger partial charge is 0.0835 e. The summed E-state index contributed by atoms with van der Waals surface area (Å²) in [5.74, 6) is 0. The molecule has 2 rings (SSSR count). The minimum atomic E-state index is -0.0692. The lowest BCUT2D eigenvalue weighted by molar-refractivity contribution is 0.590. The summed E-state index contributed by atoms with van der Waals surface area (Å²) < 4.78 is 0. The van der Waals surface area contributed by atoms with Crippen LogP contribution in [0.4, 0.5) is 0 Å². The van der Waals surface area contributed by atoms with Gasteiger partial charge in [0.25, 0.3) is 0 Å². The molecule has 0 aliphatic heterocycles. The molecule has 0 amide bonds. The van der Waals surface area contributed by atoms with Gasteiger partial charge in [0.1, 0.15) is 0 Å². The number of hydrogen-bond acceptors (Lipinski definition) is 0. The topological polar surface area (TPSA) is 0 Å². The van der Waals surface area contributed by atoms with Crippen LogP contribution in [-0.4, -0.2) is 0 Å². The molecule has 0 fully saturated rings. The third-order valence-electron chi connectivity index (χ3n) is 3.16. The van der Waals surface area contributed by atoms with E-state index in [0.717, 1.165) is 11.1 Å². The van der Waals surface area contributed by atoms with Gasteiger partial charge in [-0.05, 0) is 22.1 Å². The lowest BCUT2D eigenvalue weighted by Crippen LogP contribution is -2.10. The molecule has 0 saturated heterocycles. The van der Waals surface area contributed by atoms with Gasteiger partial charge in [-0.1, -0.05) is 75.4 Å². The Morgan fingerprint density at radius 2 is 1.28 bits per heavy atom. The van der Waals surface area contributed by atoms with E-state index in [2.05, 4.69) is 57.2 Å². The molecule has 0 aromatic heterocycles. The van der Waals surface area contributed by atoms with Crippen LogP contribution < -0.4 is 0 Å². The second kappa shape index (κ2) is 5.16. The van der Waals surface area contributed by atoms with Crippen LogP contribution in [0.2, 0.25) is 0 Å². The van der Waals surface area contributed by atoms with Gasteiger partial charge in [0.05, 0.1) is 5.38 Å². The van der Waals surface area contributed by atoms with E-state index in [4.69, 9.17) is 11.6 Å². The summed E-state index contributed by atoms with van der Waals surface area (Å²) in [4.78, 5) is 0. The maximum Gasteiger partial charge on any atom is 0.0835 e. The predicted octanol–water partition coefficient (Wildman–Crippen LogP) is 5.31. The van der Waals surface area contributed by atoms with Gasteiger partial charge < -0.3 is 0 Å². The van der Waals surface area contributed by atoms with Crippen LogP contribution in [-0.2, 0) is 5.41 Å². The van der Waals surface area contributed by atoms with Crippen molar-refractivity contribution in [1.29, 1.82) is 0 Å². The molecule has 0 unspecified atom stereocenters. The van der Waals surface area contributed by atoms with Crippen molar-refractivity contribution in [3.63, 3.8) is 0 Å². The van der Waals surface area contributed by atoms with Gasteiger partial charge >= 0.3 is 0 Å². The van der Waals surface area contributed by atoms with Crippen LogP contribution in [0.15, 0.2) is 54.6 Å². The average molecular weight is 259 g/mol. The van der Waals surface area contributed by atoms with Crippen LogP contribution in [0.5, 0.6) is 0 Å². The molecule has 0 aliphatic rings. The summed E-state index contributed by atoms with van der Waals surface area (Å²) in [5.41, 5.74) is 3.81. The molecular formula is C17H19Cl. The van der Waals surface area contributed by atoms with Crippen molar-refractivity contribution in [2.75, 3.05) is 0 Å². The first-order chi connectivity index (χ1) is 8.48. The Morgan fingerprint density at radius 3 is 1.78 bits per heavy atom. The van der Waals surface area contributed by atoms with Gasteiger partial charge in [0.2, 0.25) is 0 Å². The Labute approximate surface area is 115 Å². The van der Waals surface area contributed by atoms with Crippen LogP contribution >= 0.6 is 11.6 Å². The van der Waals surface area contributed by atoms with E-state index >= 15 is 0 Å². The largest absolute Gasteiger partial charge is 0.113 e. The summed E-state index contributed by atoms with van der Waals surface area (Å²) in [6.07, 6.45) is 0. The number of rotatable bonds is 2. The van der Waals surface area contributed by atoms with E-state index in [1.54, 1.807) is 0 Å². The highest BCUT2D eigenvalue weighted by Gasteiger charge is 2.15. The SMILES string of the molecule is CC(C)(C)c1ccc([C@H](Cl)c2ccccc2)cc1. The molecular weight excluding hydrogens is 240 g/mol. The fourth-order valence-corrected chi connectivity index (χ4v) is 2.26. The van der Waals surface area contributed by atoms with Gasteiger partial charge in [-0.25, -0.2) is 0 Å². The molecule has 0 saturated carbocycles. The Hall–Kier alpha value is -1.27. The molecule has 1 atom stereocenters. The van der Waals surface area contributed by atoms with Gasteiger partial charge in [-0.2, -0.15) is 0 Å². The van der Waals surface area contributed by atoms with Crippen molar-refractivity contribution in [3.8, 4) is 0 Å². The van der Waals surface area contributed by atoms with Crippen LogP contribution in [0, 0.1) is 0 Å². The van der Waals surface area contributed by atoms with E-state index in [9.17, 15) is 0 Å². The zero-order valence-corrected chi connectivity index (χ0v) is 11.9. The second-order valence-corrected chi connectivity index (χ2v) is 6.08. The molecule has 2 aromatic rings. The molecule has 0 spiro atoms. The Morgan fingerprint density at radius 1 is 0.778 bits per heavy atom. The van der Waals surface area contributed by atoms with E-state index in [-0.39, 0.29) is 10.8 Å². The minimum Gasteiger partial charge on any atom is -0.113 e. The van der Waals surface area contributed by atoms with Crippen molar-refractivity contribution in [2.24, 2.45) is 0 Å². The molecule has 0 bridgehead atoms. The van der Waals surface area contributed by atoms with E-state index in [1.165, 1.54) is 5.56 Å². The first-order valence-corrected chi connectivity index (χ1v) is 6.71. The number of benzene rings is 2. The van der Waals surface area contributed by atoms with Gasteiger partial charge in [-0.3, -0.25) is 0 Å². The van der Waals surface area contributed by atoms with Gasteiger partial charge in [0, 0.05) is 0 Å². The third-order valence-corrected chi connectivity index (χ3v) is 3.67. The predicted molar refractivity (Wildman–Crippen MR) is 79.3 cm³/mol. The highest BCUT2D eigenvalue weighted by Crippen LogP contribution is 2.30. The maximum atomic E-state index is 6.50. The molecule has 2 aromatic carbocycles. The molecule has 1 heteroatoms. The fourth-order valence-electron chi connectivity index (χ4n) is 1.97. The molecule has 94 valence electrons. The minimum absolute atomic E-state index is 0.0692. The zero-order valence-electron chi connectivity index (χ0n) is 11.2. The first-order valence-electron chi connectivity index (χ1n) is 6.28. The van der Waals surface area contributed by atoms with Crippen LogP contribution in [0.25, 0.3) is 0 Å². The second-order valence-electron chi connectivity index (χ2n) is 5.65. The molecule has 0 radical (unpaired) electrons. The van der Waals surface area contributed by atoms with Gasteiger partial charge in [-0.15, -0.1) is 11.6 Å². The highest BCUT2D eigenvalue weighted by molar-refractivity contribution is 6.22. The van der Waals surface area contributed by atoms with Crippen molar-refractivity contribution >= 4 is 11.6 Å². The Kier molecular flexibility index (Phi) is 3.77. The zero-order chi connectivity index (χ0) is 13.2. The third kappa shape index (κ3) is 2.94. The van der Waals surface area contributed by atoms with Crippen molar-refractivity contribution < 1.29 is 0 Å². The summed E-state index contributed by atoms with van der Waals surface area (Å²) >= 11 is 6.50. The standard InChI is InChI=1S/C17H19Cl/c1-17(2,3)15-11-9-14(10-12-15)16(18)13-7-5-4-6-8-13/h4-12,16H,1-3H3/t16-/m1/s1. The number of halogens is 1. The van der Waals surface area contributed by atoms with Crippen molar-refractivity contribution in [2.45, 2.75) is 31.6 Å². The summed E-state index contributed by atoms with van der Waals surface area (Å²) in [7, 11) is 0. The van der Waals surface area contributed by atoms with E-state index < -0.39 is 0 Å². The van der Waals surface area contributed by atoms with Crippen molar-refractivity contribution in [1.82, 2.24) is 0 Å². The highest BCUT2D eigenvalue weighted by atomic mass is 35.5. The number of alkyl halides is 1. The lowest BCUT2D eigenvalue weighted by Gasteiger charge is -2.20. The molecule has 18 heavy (non-hydrogen) atoms. The molecule has 0 N–H and O–H groups in total. The molecule has 0 nitrogen and oxygen atoms in total. The van der Waals surface area contributed by atoms with Crippen molar-refractivity contribution in [3.05, 3.63) is 71.3 Å². The van der Waals surface area contributed by atoms with Gasteiger partial charge in [0.15, 0.2) is 0 Å². The molecule has 0 heterocycles. The van der Waals surface area contributed by atoms with E-state index in [0.29, 0.717) is 0 Å². The fraction of sp³-hybridized carbons (Fsp3) is 0.294. The summed E-state index contributed by atoms with van der Waals surface area (Å²) in [5, 5.41) is -0.0692. The normalized spacial score (nSPS) is 13.3. The average Bonchev–Trinajstić information content (AvgIpc) is 2.38. The van der Waals surface area contributed by atoms with Crippen LogP contribution in [0.3, 0.4) is 0 Å². The Balaban J connectivity index is 2.25. The first kappa shape index (κ1) is 13.2. The monoisotopic (exact) mass is 258 g/mol. The Bertz CT molecular complexity index is 491. The summed E-state index contributed by atoms with van der Waals surface area (Å²) in [6.45, 7) is 6.66. The number of hydrogen-bond donors (Lipinski definition) is 0. The maximum absolute atomic E-state index is 6.50. The lowest BCUT2D eigenvalue weighted by atomic mass is 9.86. The van der Waals surface area contributed by atoms with E-state index in [1.807, 2.05) is 18.2 Å². The van der Waals surface area contributed by atoms with Crippen LogP contribution in [0.1, 0.15) is 42.8 Å². The molecule has 0 aliphatic carbocycles. The summed E-state index contributed by atoms with van der Waals surface area (Å²) in [6, 6.07) is 18.8.